The SMILES string of the molecule is CC1OCCC1NC1CCNCc2ccccc21. The van der Waals surface area contributed by atoms with Crippen molar-refractivity contribution in [2.75, 3.05) is 13.2 Å². The van der Waals surface area contributed by atoms with Crippen LogP contribution in [-0.2, 0) is 11.3 Å². The van der Waals surface area contributed by atoms with Crippen LogP contribution in [0.3, 0.4) is 0 Å². The maximum Gasteiger partial charge on any atom is 0.0700 e. The van der Waals surface area contributed by atoms with E-state index in [4.69, 9.17) is 4.74 Å². The summed E-state index contributed by atoms with van der Waals surface area (Å²) in [4.78, 5) is 0. The number of nitrogens with one attached hydrogen (secondary N) is 2. The van der Waals surface area contributed by atoms with Crippen LogP contribution in [-0.4, -0.2) is 25.3 Å². The lowest BCUT2D eigenvalue weighted by atomic mass is 9.97. The molecule has 0 aromatic heterocycles. The van der Waals surface area contributed by atoms with E-state index < -0.39 is 0 Å². The van der Waals surface area contributed by atoms with E-state index in [1.54, 1.807) is 0 Å². The number of hydrogen-bond donors (Lipinski definition) is 2. The van der Waals surface area contributed by atoms with Gasteiger partial charge in [0.25, 0.3) is 0 Å². The third-order valence-electron chi connectivity index (χ3n) is 4.15. The number of hydrogen-bond acceptors (Lipinski definition) is 3. The summed E-state index contributed by atoms with van der Waals surface area (Å²) in [7, 11) is 0. The molecule has 0 spiro atoms. The fourth-order valence-corrected chi connectivity index (χ4v) is 3.04. The molecule has 1 aromatic rings. The van der Waals surface area contributed by atoms with Crippen molar-refractivity contribution in [3.05, 3.63) is 35.4 Å². The van der Waals surface area contributed by atoms with E-state index in [0.717, 1.165) is 32.5 Å². The summed E-state index contributed by atoms with van der Waals surface area (Å²) in [6.45, 7) is 5.14. The molecule has 18 heavy (non-hydrogen) atoms. The van der Waals surface area contributed by atoms with Gasteiger partial charge in [-0.1, -0.05) is 24.3 Å². The molecule has 2 aliphatic heterocycles. The first-order valence-corrected chi connectivity index (χ1v) is 7.01. The Morgan fingerprint density at radius 2 is 2.17 bits per heavy atom. The van der Waals surface area contributed by atoms with Crippen molar-refractivity contribution in [3.63, 3.8) is 0 Å². The van der Waals surface area contributed by atoms with E-state index in [2.05, 4.69) is 41.8 Å². The molecule has 2 aliphatic rings. The Bertz CT molecular complexity index is 407. The van der Waals surface area contributed by atoms with Crippen molar-refractivity contribution in [2.45, 2.75) is 44.5 Å². The first-order chi connectivity index (χ1) is 8.84. The normalized spacial score (nSPS) is 31.9. The third kappa shape index (κ3) is 2.44. The Morgan fingerprint density at radius 1 is 1.28 bits per heavy atom. The summed E-state index contributed by atoms with van der Waals surface area (Å²) in [5.41, 5.74) is 2.89. The van der Waals surface area contributed by atoms with Crippen molar-refractivity contribution in [1.29, 1.82) is 0 Å². The van der Waals surface area contributed by atoms with E-state index in [1.807, 2.05) is 0 Å². The molecule has 0 bridgehead atoms. The van der Waals surface area contributed by atoms with Gasteiger partial charge in [-0.15, -0.1) is 0 Å². The van der Waals surface area contributed by atoms with Crippen molar-refractivity contribution in [3.8, 4) is 0 Å². The van der Waals surface area contributed by atoms with Gasteiger partial charge in [0.15, 0.2) is 0 Å². The van der Waals surface area contributed by atoms with E-state index in [9.17, 15) is 0 Å². The minimum atomic E-state index is 0.341. The van der Waals surface area contributed by atoms with Crippen molar-refractivity contribution in [2.24, 2.45) is 0 Å². The van der Waals surface area contributed by atoms with E-state index >= 15 is 0 Å². The predicted molar refractivity (Wildman–Crippen MR) is 72.5 cm³/mol. The monoisotopic (exact) mass is 246 g/mol. The van der Waals surface area contributed by atoms with Crippen LogP contribution < -0.4 is 10.6 Å². The largest absolute Gasteiger partial charge is 0.377 e. The van der Waals surface area contributed by atoms with E-state index in [-0.39, 0.29) is 0 Å². The van der Waals surface area contributed by atoms with Gasteiger partial charge in [-0.2, -0.15) is 0 Å². The average Bonchev–Trinajstić information content (AvgIpc) is 2.68. The molecule has 98 valence electrons. The van der Waals surface area contributed by atoms with E-state index in [1.165, 1.54) is 11.1 Å². The van der Waals surface area contributed by atoms with Crippen LogP contribution in [0, 0.1) is 0 Å². The fraction of sp³-hybridized carbons (Fsp3) is 0.600. The molecule has 3 atom stereocenters. The molecular weight excluding hydrogens is 224 g/mol. The smallest absolute Gasteiger partial charge is 0.0700 e. The number of fused-ring (bicyclic) bond motifs is 1. The van der Waals surface area contributed by atoms with Gasteiger partial charge in [0.1, 0.15) is 0 Å². The molecule has 0 aliphatic carbocycles. The predicted octanol–water partition coefficient (Wildman–Crippen LogP) is 1.99. The fourth-order valence-electron chi connectivity index (χ4n) is 3.04. The summed E-state index contributed by atoms with van der Waals surface area (Å²) < 4.78 is 5.65. The van der Waals surface area contributed by atoms with Gasteiger partial charge in [-0.05, 0) is 37.4 Å². The molecular formula is C15H22N2O. The second-order valence-corrected chi connectivity index (χ2v) is 5.35. The summed E-state index contributed by atoms with van der Waals surface area (Å²) in [5.74, 6) is 0. The maximum absolute atomic E-state index is 5.65. The highest BCUT2D eigenvalue weighted by Crippen LogP contribution is 2.26. The molecule has 0 saturated carbocycles. The van der Waals surface area contributed by atoms with Gasteiger partial charge >= 0.3 is 0 Å². The van der Waals surface area contributed by atoms with Crippen molar-refractivity contribution >= 4 is 0 Å². The molecule has 0 radical (unpaired) electrons. The Labute approximate surface area is 109 Å². The van der Waals surface area contributed by atoms with Crippen molar-refractivity contribution in [1.82, 2.24) is 10.6 Å². The lowest BCUT2D eigenvalue weighted by Crippen LogP contribution is -2.38. The second-order valence-electron chi connectivity index (χ2n) is 5.35. The van der Waals surface area contributed by atoms with Crippen LogP contribution in [0.1, 0.15) is 36.9 Å². The quantitative estimate of drug-likeness (QED) is 0.837. The molecule has 1 aromatic carbocycles. The topological polar surface area (TPSA) is 33.3 Å². The van der Waals surface area contributed by atoms with Gasteiger partial charge in [0, 0.05) is 25.2 Å². The molecule has 2 heterocycles. The Kier molecular flexibility index (Phi) is 3.64. The zero-order valence-electron chi connectivity index (χ0n) is 11.0. The van der Waals surface area contributed by atoms with Crippen molar-refractivity contribution < 1.29 is 4.74 Å². The maximum atomic E-state index is 5.65. The first-order valence-electron chi connectivity index (χ1n) is 7.01. The highest BCUT2D eigenvalue weighted by Gasteiger charge is 2.28. The van der Waals surface area contributed by atoms with Gasteiger partial charge in [-0.25, -0.2) is 0 Å². The zero-order chi connectivity index (χ0) is 12.4. The van der Waals surface area contributed by atoms with Gasteiger partial charge < -0.3 is 15.4 Å². The molecule has 2 N–H and O–H groups in total. The van der Waals surface area contributed by atoms with Crippen LogP contribution in [0.4, 0.5) is 0 Å². The first kappa shape index (κ1) is 12.2. The lowest BCUT2D eigenvalue weighted by molar-refractivity contribution is 0.110. The number of ether oxygens (including phenoxy) is 1. The molecule has 1 saturated heterocycles. The second kappa shape index (κ2) is 5.39. The summed E-state index contributed by atoms with van der Waals surface area (Å²) in [6.07, 6.45) is 2.63. The van der Waals surface area contributed by atoms with Crippen LogP contribution in [0.25, 0.3) is 0 Å². The molecule has 3 rings (SSSR count). The highest BCUT2D eigenvalue weighted by atomic mass is 16.5. The average molecular weight is 246 g/mol. The van der Waals surface area contributed by atoms with Crippen LogP contribution in [0.2, 0.25) is 0 Å². The van der Waals surface area contributed by atoms with Crippen LogP contribution in [0.15, 0.2) is 24.3 Å². The highest BCUT2D eigenvalue weighted by molar-refractivity contribution is 5.31. The molecule has 0 amide bonds. The number of rotatable bonds is 2. The Morgan fingerprint density at radius 3 is 3.00 bits per heavy atom. The summed E-state index contributed by atoms with van der Waals surface area (Å²) >= 11 is 0. The standard InChI is InChI=1S/C15H22N2O/c1-11-14(7-9-18-11)17-15-6-8-16-10-12-4-2-3-5-13(12)15/h2-5,11,14-17H,6-10H2,1H3. The zero-order valence-corrected chi connectivity index (χ0v) is 11.0. The number of benzene rings is 1. The van der Waals surface area contributed by atoms with Gasteiger partial charge in [0.05, 0.1) is 6.10 Å². The van der Waals surface area contributed by atoms with Crippen LogP contribution >= 0.6 is 0 Å². The minimum absolute atomic E-state index is 0.341. The lowest BCUT2D eigenvalue weighted by Gasteiger charge is -2.25. The van der Waals surface area contributed by atoms with E-state index in [0.29, 0.717) is 18.2 Å². The molecule has 3 heteroatoms. The van der Waals surface area contributed by atoms with Gasteiger partial charge in [-0.3, -0.25) is 0 Å². The molecule has 3 unspecified atom stereocenters. The summed E-state index contributed by atoms with van der Waals surface area (Å²) in [6, 6.07) is 9.74. The molecule has 1 fully saturated rings. The summed E-state index contributed by atoms with van der Waals surface area (Å²) in [5, 5.41) is 7.30. The minimum Gasteiger partial charge on any atom is -0.377 e. The Hall–Kier alpha value is -0.900. The van der Waals surface area contributed by atoms with Crippen LogP contribution in [0.5, 0.6) is 0 Å². The third-order valence-corrected chi connectivity index (χ3v) is 4.15. The molecule has 3 nitrogen and oxygen atoms in total. The van der Waals surface area contributed by atoms with Gasteiger partial charge in [0.2, 0.25) is 0 Å². The Balaban J connectivity index is 1.79.